The Morgan fingerprint density at radius 2 is 0.818 bits per heavy atom. The molecule has 0 saturated heterocycles. The van der Waals surface area contributed by atoms with E-state index in [9.17, 15) is 0 Å². The molecule has 0 aromatic rings. The Labute approximate surface area is 129 Å². The molecule has 0 fully saturated rings. The topological polar surface area (TPSA) is 160 Å². The zero-order chi connectivity index (χ0) is 4.50. The standard InChI is InChI=1S/2Al.K.Mn.7O/q2*+3;+1;;;;;3*-2;-1. The quantitative estimate of drug-likeness (QED) is 0.397. The van der Waals surface area contributed by atoms with Crippen molar-refractivity contribution in [3.8, 4) is 0 Å². The molecular formula is Al2KMnO7. The summed E-state index contributed by atoms with van der Waals surface area (Å²) in [5.74, 6) is 0. The average molecular weight is 260 g/mol. The van der Waals surface area contributed by atoms with Crippen molar-refractivity contribution in [2.75, 3.05) is 0 Å². The van der Waals surface area contributed by atoms with E-state index in [2.05, 4.69) is 0 Å². The van der Waals surface area contributed by atoms with Gasteiger partial charge in [0.25, 0.3) is 0 Å². The summed E-state index contributed by atoms with van der Waals surface area (Å²) in [7, 11) is 0. The van der Waals surface area contributed by atoms with Gasteiger partial charge in [-0.2, -0.15) is 0 Å². The van der Waals surface area contributed by atoms with Crippen molar-refractivity contribution in [1.82, 2.24) is 0 Å². The van der Waals surface area contributed by atoms with Crippen LogP contribution in [-0.2, 0) is 40.9 Å². The number of hydrogen-bond acceptors (Lipinski definition) is 4. The van der Waals surface area contributed by atoms with Crippen LogP contribution < -0.4 is 55.6 Å². The van der Waals surface area contributed by atoms with Crippen molar-refractivity contribution in [3.05, 3.63) is 0 Å². The first-order valence-corrected chi connectivity index (χ1v) is 2.54. The summed E-state index contributed by atoms with van der Waals surface area (Å²) in [5.41, 5.74) is 0. The van der Waals surface area contributed by atoms with Gasteiger partial charge in [0.2, 0.25) is 0 Å². The third kappa shape index (κ3) is 225. The molecule has 0 aromatic carbocycles. The molecule has 0 amide bonds. The summed E-state index contributed by atoms with van der Waals surface area (Å²) in [6, 6.07) is 0. The third-order valence-electron chi connectivity index (χ3n) is 0. The van der Waals surface area contributed by atoms with Crippen LogP contribution in [0.4, 0.5) is 0 Å². The molecule has 0 aliphatic heterocycles. The van der Waals surface area contributed by atoms with Crippen molar-refractivity contribution >= 4 is 34.7 Å². The van der Waals surface area contributed by atoms with Gasteiger partial charge in [-0.3, -0.25) is 0 Å². The van der Waals surface area contributed by atoms with Crippen molar-refractivity contribution < 1.29 is 96.5 Å². The van der Waals surface area contributed by atoms with Gasteiger partial charge in [-0.15, -0.1) is 0 Å². The molecule has 0 rings (SSSR count). The van der Waals surface area contributed by atoms with Crippen LogP contribution in [0.2, 0.25) is 0 Å². The fraction of sp³-hybridized carbons (Fsp3) is 0. The third-order valence-corrected chi connectivity index (χ3v) is 0. The molecule has 0 heterocycles. The first kappa shape index (κ1) is 50.1. The van der Waals surface area contributed by atoms with Gasteiger partial charge in [0.1, 0.15) is 0 Å². The summed E-state index contributed by atoms with van der Waals surface area (Å²) in [6.07, 6.45) is 0. The summed E-state index contributed by atoms with van der Waals surface area (Å²) in [6.45, 7) is 0. The molecule has 56 valence electrons. The van der Waals surface area contributed by atoms with Crippen LogP contribution in [-0.4, -0.2) is 34.7 Å². The summed E-state index contributed by atoms with van der Waals surface area (Å²) >= 11 is -5.62. The van der Waals surface area contributed by atoms with Crippen LogP contribution >= 0.6 is 0 Å². The number of hydrogen-bond donors (Lipinski definition) is 0. The maximum absolute atomic E-state index is 8.58. The summed E-state index contributed by atoms with van der Waals surface area (Å²) in [5, 5.41) is 0. The van der Waals surface area contributed by atoms with E-state index in [1.807, 2.05) is 0 Å². The van der Waals surface area contributed by atoms with E-state index in [1.54, 1.807) is 0 Å². The van der Waals surface area contributed by atoms with Gasteiger partial charge >= 0.3 is 115 Å². The van der Waals surface area contributed by atoms with E-state index in [-0.39, 0.29) is 103 Å². The van der Waals surface area contributed by atoms with E-state index in [4.69, 9.17) is 15.7 Å². The monoisotopic (exact) mass is 260 g/mol. The molecular weight excluding hydrogens is 260 g/mol. The van der Waals surface area contributed by atoms with Gasteiger partial charge in [-0.25, -0.2) is 0 Å². The molecule has 0 unspecified atom stereocenters. The predicted octanol–water partition coefficient (Wildman–Crippen LogP) is -5.66. The van der Waals surface area contributed by atoms with Crippen molar-refractivity contribution in [2.24, 2.45) is 0 Å². The summed E-state index contributed by atoms with van der Waals surface area (Å²) < 4.78 is 34.3. The Bertz CT molecular complexity index is 138. The first-order valence-electron chi connectivity index (χ1n) is 0.617. The van der Waals surface area contributed by atoms with E-state index in [0.717, 1.165) is 0 Å². The Morgan fingerprint density at radius 3 is 0.818 bits per heavy atom. The van der Waals surface area contributed by atoms with Crippen molar-refractivity contribution in [3.63, 3.8) is 0 Å². The zero-order valence-corrected chi connectivity index (χ0v) is 12.0. The Morgan fingerprint density at radius 1 is 0.818 bits per heavy atom. The first-order chi connectivity index (χ1) is 2.00. The second kappa shape index (κ2) is 22.9. The van der Waals surface area contributed by atoms with Crippen LogP contribution in [0.3, 0.4) is 0 Å². The zero-order valence-electron chi connectivity index (χ0n) is 5.39. The molecule has 0 bridgehead atoms. The normalized spacial score (nSPS) is 5.18. The SMILES string of the molecule is [Al+3].[Al+3].[K+].[O-2].[O-2].[O-2].[O]=[Mn](=[O])(=[O])[O-]. The predicted molar refractivity (Wildman–Crippen MR) is 15.6 cm³/mol. The molecule has 0 spiro atoms. The van der Waals surface area contributed by atoms with Crippen LogP contribution in [0.1, 0.15) is 0 Å². The van der Waals surface area contributed by atoms with E-state index in [0.29, 0.717) is 0 Å². The minimum atomic E-state index is -5.62. The van der Waals surface area contributed by atoms with Gasteiger partial charge < -0.3 is 16.4 Å². The summed E-state index contributed by atoms with van der Waals surface area (Å²) in [4.78, 5) is 0. The Kier molecular flexibility index (Phi) is 104. The maximum atomic E-state index is 8.58. The molecule has 11 heavy (non-hydrogen) atoms. The average Bonchev–Trinajstić information content (AvgIpc) is 0.722. The van der Waals surface area contributed by atoms with Gasteiger partial charge in [0, 0.05) is 0 Å². The fourth-order valence-corrected chi connectivity index (χ4v) is 0. The molecule has 0 aromatic heterocycles. The van der Waals surface area contributed by atoms with Gasteiger partial charge in [-0.1, -0.05) is 0 Å². The van der Waals surface area contributed by atoms with Crippen LogP contribution in [0.25, 0.3) is 0 Å². The minimum absolute atomic E-state index is 0. The second-order valence-corrected chi connectivity index (χ2v) is 1.56. The van der Waals surface area contributed by atoms with Crippen LogP contribution in [0, 0.1) is 0 Å². The van der Waals surface area contributed by atoms with Crippen molar-refractivity contribution in [2.45, 2.75) is 0 Å². The number of rotatable bonds is 0. The van der Waals surface area contributed by atoms with Gasteiger partial charge in [0.05, 0.1) is 0 Å². The molecule has 0 radical (unpaired) electrons. The molecule has 7 nitrogen and oxygen atoms in total. The fourth-order valence-electron chi connectivity index (χ4n) is 0. The van der Waals surface area contributed by atoms with Gasteiger partial charge in [-0.05, 0) is 0 Å². The van der Waals surface area contributed by atoms with Crippen molar-refractivity contribution in [1.29, 1.82) is 0 Å². The molecule has 0 N–H and O–H groups in total. The molecule has 0 saturated carbocycles. The molecule has 0 aliphatic rings. The Hall–Kier alpha value is 2.46. The molecule has 0 atom stereocenters. The van der Waals surface area contributed by atoms with Crippen LogP contribution in [0.5, 0.6) is 0 Å². The molecule has 0 aliphatic carbocycles. The van der Waals surface area contributed by atoms with E-state index < -0.39 is 13.0 Å². The van der Waals surface area contributed by atoms with Crippen LogP contribution in [0.15, 0.2) is 0 Å². The second-order valence-electron chi connectivity index (χ2n) is 0.378. The van der Waals surface area contributed by atoms with E-state index >= 15 is 0 Å². The van der Waals surface area contributed by atoms with Gasteiger partial charge in [0.15, 0.2) is 0 Å². The Balaban J connectivity index is -0.00000000533. The molecule has 11 heteroatoms. The van der Waals surface area contributed by atoms with E-state index in [1.165, 1.54) is 0 Å².